The van der Waals surface area contributed by atoms with E-state index in [0.717, 1.165) is 21.9 Å². The molecule has 0 saturated heterocycles. The van der Waals surface area contributed by atoms with Gasteiger partial charge in [0.15, 0.2) is 0 Å². The van der Waals surface area contributed by atoms with Gasteiger partial charge in [0.2, 0.25) is 5.91 Å². The fraction of sp³-hybridized carbons (Fsp3) is 0.292. The van der Waals surface area contributed by atoms with Crippen LogP contribution in [0.15, 0.2) is 65.6 Å². The number of rotatable bonds is 8. The summed E-state index contributed by atoms with van der Waals surface area (Å²) in [7, 11) is -2.44. The van der Waals surface area contributed by atoms with Crippen LogP contribution in [0.3, 0.4) is 0 Å². The van der Waals surface area contributed by atoms with Crippen molar-refractivity contribution in [3.8, 4) is 0 Å². The average Bonchev–Trinajstić information content (AvgIpc) is 2.73. The van der Waals surface area contributed by atoms with Crippen LogP contribution in [-0.2, 0) is 19.6 Å². The molecule has 164 valence electrons. The van der Waals surface area contributed by atoms with E-state index in [1.165, 1.54) is 4.31 Å². The van der Waals surface area contributed by atoms with Gasteiger partial charge in [-0.1, -0.05) is 42.5 Å². The molecular formula is C24H28N2O4S. The standard InChI is InChI=1S/C24H28N2O4S/c1-17-12-13-21(14-18(17)2)31(28,29)26(15-24(27)25-19(3)16-30-4)23-11-7-9-20-8-5-6-10-22(20)23/h5-14,19H,15-16H2,1-4H3,(H,25,27)/t19-/m1/s1. The van der Waals surface area contributed by atoms with Gasteiger partial charge in [-0.25, -0.2) is 8.42 Å². The fourth-order valence-corrected chi connectivity index (χ4v) is 5.00. The zero-order valence-electron chi connectivity index (χ0n) is 18.3. The Morgan fingerprint density at radius 3 is 2.45 bits per heavy atom. The number of sulfonamides is 1. The van der Waals surface area contributed by atoms with Gasteiger partial charge in [-0.15, -0.1) is 0 Å². The van der Waals surface area contributed by atoms with Crippen molar-refractivity contribution in [2.24, 2.45) is 0 Å². The number of aryl methyl sites for hydroxylation is 2. The van der Waals surface area contributed by atoms with Crippen LogP contribution in [0.4, 0.5) is 5.69 Å². The Kier molecular flexibility index (Phi) is 6.97. The highest BCUT2D eigenvalue weighted by Crippen LogP contribution is 2.31. The van der Waals surface area contributed by atoms with E-state index < -0.39 is 15.9 Å². The van der Waals surface area contributed by atoms with Crippen LogP contribution in [0.5, 0.6) is 0 Å². The minimum Gasteiger partial charge on any atom is -0.383 e. The highest BCUT2D eigenvalue weighted by Gasteiger charge is 2.29. The smallest absolute Gasteiger partial charge is 0.264 e. The molecular weight excluding hydrogens is 412 g/mol. The van der Waals surface area contributed by atoms with Gasteiger partial charge in [-0.3, -0.25) is 9.10 Å². The van der Waals surface area contributed by atoms with E-state index in [-0.39, 0.29) is 17.5 Å². The lowest BCUT2D eigenvalue weighted by Crippen LogP contribution is -2.44. The van der Waals surface area contributed by atoms with Crippen molar-refractivity contribution in [3.05, 3.63) is 71.8 Å². The van der Waals surface area contributed by atoms with E-state index in [1.54, 1.807) is 37.4 Å². The Balaban J connectivity index is 2.09. The van der Waals surface area contributed by atoms with Crippen LogP contribution >= 0.6 is 0 Å². The number of benzene rings is 3. The van der Waals surface area contributed by atoms with Crippen molar-refractivity contribution >= 4 is 32.4 Å². The van der Waals surface area contributed by atoms with E-state index in [2.05, 4.69) is 5.32 Å². The van der Waals surface area contributed by atoms with Crippen LogP contribution in [0, 0.1) is 13.8 Å². The number of carbonyl (C=O) groups is 1. The van der Waals surface area contributed by atoms with Gasteiger partial charge >= 0.3 is 0 Å². The van der Waals surface area contributed by atoms with Gasteiger partial charge < -0.3 is 10.1 Å². The van der Waals surface area contributed by atoms with Crippen molar-refractivity contribution in [2.75, 3.05) is 24.6 Å². The van der Waals surface area contributed by atoms with Gasteiger partial charge in [0.05, 0.1) is 17.2 Å². The molecule has 0 aromatic heterocycles. The van der Waals surface area contributed by atoms with Crippen LogP contribution in [0.2, 0.25) is 0 Å². The number of nitrogens with zero attached hydrogens (tertiary/aromatic N) is 1. The zero-order chi connectivity index (χ0) is 22.6. The number of ether oxygens (including phenoxy) is 1. The van der Waals surface area contributed by atoms with Crippen molar-refractivity contribution in [1.29, 1.82) is 0 Å². The molecule has 6 nitrogen and oxygen atoms in total. The summed E-state index contributed by atoms with van der Waals surface area (Å²) in [6, 6.07) is 17.7. The zero-order valence-corrected chi connectivity index (χ0v) is 19.1. The minimum atomic E-state index is -3.99. The number of methoxy groups -OCH3 is 1. The summed E-state index contributed by atoms with van der Waals surface area (Å²) >= 11 is 0. The second-order valence-electron chi connectivity index (χ2n) is 7.68. The van der Waals surface area contributed by atoms with E-state index >= 15 is 0 Å². The Morgan fingerprint density at radius 1 is 1.03 bits per heavy atom. The molecule has 0 radical (unpaired) electrons. The van der Waals surface area contributed by atoms with E-state index in [9.17, 15) is 13.2 Å². The van der Waals surface area contributed by atoms with Crippen LogP contribution < -0.4 is 9.62 Å². The molecule has 1 atom stereocenters. The molecule has 0 aliphatic heterocycles. The van der Waals surface area contributed by atoms with Gasteiger partial charge in [-0.2, -0.15) is 0 Å². The topological polar surface area (TPSA) is 75.7 Å². The summed E-state index contributed by atoms with van der Waals surface area (Å²) in [5, 5.41) is 4.46. The first-order valence-electron chi connectivity index (χ1n) is 10.1. The molecule has 0 aliphatic rings. The molecule has 0 fully saturated rings. The van der Waals surface area contributed by atoms with Crippen LogP contribution in [0.1, 0.15) is 18.1 Å². The number of hydrogen-bond donors (Lipinski definition) is 1. The first kappa shape index (κ1) is 22.8. The third-order valence-electron chi connectivity index (χ3n) is 5.21. The Morgan fingerprint density at radius 2 is 1.74 bits per heavy atom. The quantitative estimate of drug-likeness (QED) is 0.578. The molecule has 0 bridgehead atoms. The molecule has 7 heteroatoms. The predicted molar refractivity (Wildman–Crippen MR) is 124 cm³/mol. The maximum atomic E-state index is 13.7. The van der Waals surface area contributed by atoms with E-state index in [1.807, 2.05) is 51.1 Å². The van der Waals surface area contributed by atoms with Crippen LogP contribution in [-0.4, -0.2) is 40.6 Å². The summed E-state index contributed by atoms with van der Waals surface area (Å²) in [5.41, 5.74) is 2.34. The molecule has 3 aromatic carbocycles. The van der Waals surface area contributed by atoms with Crippen molar-refractivity contribution < 1.29 is 17.9 Å². The first-order chi connectivity index (χ1) is 14.7. The van der Waals surface area contributed by atoms with Gasteiger partial charge in [0.1, 0.15) is 6.54 Å². The van der Waals surface area contributed by atoms with Crippen molar-refractivity contribution in [1.82, 2.24) is 5.32 Å². The summed E-state index contributed by atoms with van der Waals surface area (Å²) in [6.45, 7) is 5.61. The Hall–Kier alpha value is -2.90. The van der Waals surface area contributed by atoms with E-state index in [0.29, 0.717) is 12.3 Å². The fourth-order valence-electron chi connectivity index (χ4n) is 3.47. The minimum absolute atomic E-state index is 0.154. The Labute approximate surface area is 183 Å². The first-order valence-corrected chi connectivity index (χ1v) is 11.5. The molecule has 3 aromatic rings. The molecule has 1 N–H and O–H groups in total. The largest absolute Gasteiger partial charge is 0.383 e. The number of amides is 1. The SMILES string of the molecule is COC[C@@H](C)NC(=O)CN(c1cccc2ccccc12)S(=O)(=O)c1ccc(C)c(C)c1. The van der Waals surface area contributed by atoms with E-state index in [4.69, 9.17) is 4.74 Å². The molecule has 1 amide bonds. The number of carbonyl (C=O) groups excluding carboxylic acids is 1. The molecule has 0 unspecified atom stereocenters. The number of nitrogens with one attached hydrogen (secondary N) is 1. The monoisotopic (exact) mass is 440 g/mol. The number of anilines is 1. The predicted octanol–water partition coefficient (Wildman–Crippen LogP) is 3.80. The summed E-state index contributed by atoms with van der Waals surface area (Å²) in [4.78, 5) is 12.9. The summed E-state index contributed by atoms with van der Waals surface area (Å²) < 4.78 is 33.7. The molecule has 31 heavy (non-hydrogen) atoms. The Bertz CT molecular complexity index is 1190. The third kappa shape index (κ3) is 5.06. The maximum Gasteiger partial charge on any atom is 0.264 e. The van der Waals surface area contributed by atoms with Gasteiger partial charge in [0.25, 0.3) is 10.0 Å². The second-order valence-corrected chi connectivity index (χ2v) is 9.54. The maximum absolute atomic E-state index is 13.7. The highest BCUT2D eigenvalue weighted by molar-refractivity contribution is 7.92. The molecule has 0 spiro atoms. The van der Waals surface area contributed by atoms with Crippen molar-refractivity contribution in [2.45, 2.75) is 31.7 Å². The number of hydrogen-bond acceptors (Lipinski definition) is 4. The molecule has 3 rings (SSSR count). The van der Waals surface area contributed by atoms with Crippen LogP contribution in [0.25, 0.3) is 10.8 Å². The summed E-state index contributed by atoms with van der Waals surface area (Å²) in [5.74, 6) is -0.398. The summed E-state index contributed by atoms with van der Waals surface area (Å²) in [6.07, 6.45) is 0. The van der Waals surface area contributed by atoms with Gasteiger partial charge in [-0.05, 0) is 55.5 Å². The lowest BCUT2D eigenvalue weighted by molar-refractivity contribution is -0.120. The normalized spacial score (nSPS) is 12.5. The molecule has 0 aliphatic carbocycles. The molecule has 0 saturated carbocycles. The average molecular weight is 441 g/mol. The second kappa shape index (κ2) is 9.49. The highest BCUT2D eigenvalue weighted by atomic mass is 32.2. The lowest BCUT2D eigenvalue weighted by Gasteiger charge is -2.26. The van der Waals surface area contributed by atoms with Crippen molar-refractivity contribution in [3.63, 3.8) is 0 Å². The number of fused-ring (bicyclic) bond motifs is 1. The molecule has 0 heterocycles. The van der Waals surface area contributed by atoms with Gasteiger partial charge in [0, 0.05) is 18.5 Å². The third-order valence-corrected chi connectivity index (χ3v) is 6.97. The lowest BCUT2D eigenvalue weighted by atomic mass is 10.1.